The Labute approximate surface area is 179 Å². The van der Waals surface area contributed by atoms with Crippen LogP contribution < -0.4 is 9.64 Å². The molecule has 2 heterocycles. The Morgan fingerprint density at radius 1 is 1.21 bits per heavy atom. The van der Waals surface area contributed by atoms with Gasteiger partial charge in [-0.2, -0.15) is 0 Å². The highest BCUT2D eigenvalue weighted by molar-refractivity contribution is 7.22. The number of rotatable bonds is 8. The lowest BCUT2D eigenvalue weighted by Gasteiger charge is -2.19. The number of halogens is 1. The third kappa shape index (κ3) is 5.54. The number of amides is 1. The van der Waals surface area contributed by atoms with Crippen LogP contribution in [-0.4, -0.2) is 50.1 Å². The molecule has 0 spiro atoms. The second-order valence-electron chi connectivity index (χ2n) is 6.30. The van der Waals surface area contributed by atoms with E-state index < -0.39 is 0 Å². The predicted octanol–water partition coefficient (Wildman–Crippen LogP) is 4.79. The highest BCUT2D eigenvalue weighted by atomic mass is 35.5. The molecule has 0 fully saturated rings. The summed E-state index contributed by atoms with van der Waals surface area (Å²) in [5.74, 6) is 0.671. The maximum Gasteiger partial charge on any atom is 0.252 e. The lowest BCUT2D eigenvalue weighted by Crippen LogP contribution is -2.32. The van der Waals surface area contributed by atoms with Crippen LogP contribution in [0.2, 0.25) is 0 Å². The molecular formula is C20H24ClN3O2S2. The second-order valence-corrected chi connectivity index (χ2v) is 8.29. The summed E-state index contributed by atoms with van der Waals surface area (Å²) in [6.45, 7) is 1.53. The fraction of sp³-hybridized carbons (Fsp3) is 0.300. The Morgan fingerprint density at radius 2 is 2.04 bits per heavy atom. The molecule has 5 nitrogen and oxygen atoms in total. The summed E-state index contributed by atoms with van der Waals surface area (Å²) >= 11 is 3.12. The largest absolute Gasteiger partial charge is 0.494 e. The van der Waals surface area contributed by atoms with Crippen molar-refractivity contribution in [3.05, 3.63) is 46.7 Å². The van der Waals surface area contributed by atoms with Crippen molar-refractivity contribution in [3.8, 4) is 5.75 Å². The van der Waals surface area contributed by atoms with Crippen molar-refractivity contribution >= 4 is 62.4 Å². The number of benzene rings is 1. The molecule has 0 N–H and O–H groups in total. The predicted molar refractivity (Wildman–Crippen MR) is 122 cm³/mol. The molecule has 0 radical (unpaired) electrons. The van der Waals surface area contributed by atoms with E-state index >= 15 is 0 Å². The van der Waals surface area contributed by atoms with E-state index in [-0.39, 0.29) is 18.3 Å². The summed E-state index contributed by atoms with van der Waals surface area (Å²) in [5, 5.41) is 2.70. The molecule has 0 saturated heterocycles. The van der Waals surface area contributed by atoms with Gasteiger partial charge in [0.1, 0.15) is 11.3 Å². The average molecular weight is 438 g/mol. The zero-order valence-corrected chi connectivity index (χ0v) is 18.6. The van der Waals surface area contributed by atoms with E-state index in [4.69, 9.17) is 9.72 Å². The maximum absolute atomic E-state index is 12.9. The first-order valence-electron chi connectivity index (χ1n) is 8.70. The quantitative estimate of drug-likeness (QED) is 0.475. The first kappa shape index (κ1) is 22.4. The first-order valence-corrected chi connectivity index (χ1v) is 10.4. The van der Waals surface area contributed by atoms with Crippen LogP contribution in [0.5, 0.6) is 5.75 Å². The van der Waals surface area contributed by atoms with Crippen LogP contribution in [-0.2, 0) is 4.79 Å². The minimum absolute atomic E-state index is 0. The van der Waals surface area contributed by atoms with Gasteiger partial charge in [0, 0.05) is 17.5 Å². The van der Waals surface area contributed by atoms with Gasteiger partial charge in [0.2, 0.25) is 0 Å². The molecule has 0 aliphatic heterocycles. The minimum atomic E-state index is -0.0554. The number of aromatic nitrogens is 1. The summed E-state index contributed by atoms with van der Waals surface area (Å²) in [6, 6.07) is 9.80. The molecule has 0 aliphatic rings. The van der Waals surface area contributed by atoms with Gasteiger partial charge in [-0.3, -0.25) is 9.69 Å². The van der Waals surface area contributed by atoms with Crippen LogP contribution >= 0.6 is 35.1 Å². The molecule has 0 unspecified atom stereocenters. The Hall–Kier alpha value is -1.93. The summed E-state index contributed by atoms with van der Waals surface area (Å²) in [7, 11) is 5.70. The summed E-state index contributed by atoms with van der Waals surface area (Å²) in [6.07, 6.45) is 4.36. The van der Waals surface area contributed by atoms with Gasteiger partial charge in [-0.15, -0.1) is 23.7 Å². The number of carbonyl (C=O) groups excluding carboxylic acids is 1. The molecule has 3 rings (SSSR count). The van der Waals surface area contributed by atoms with Gasteiger partial charge in [0.15, 0.2) is 5.13 Å². The molecular weight excluding hydrogens is 414 g/mol. The van der Waals surface area contributed by atoms with Crippen LogP contribution in [0.15, 0.2) is 41.8 Å². The Morgan fingerprint density at radius 3 is 2.71 bits per heavy atom. The molecule has 2 aromatic heterocycles. The Balaban J connectivity index is 0.00000280. The van der Waals surface area contributed by atoms with E-state index in [1.165, 1.54) is 11.3 Å². The van der Waals surface area contributed by atoms with Gasteiger partial charge in [-0.25, -0.2) is 4.98 Å². The highest BCUT2D eigenvalue weighted by Gasteiger charge is 2.19. The van der Waals surface area contributed by atoms with Gasteiger partial charge < -0.3 is 9.64 Å². The second kappa shape index (κ2) is 10.6. The van der Waals surface area contributed by atoms with Crippen molar-refractivity contribution in [1.82, 2.24) is 9.88 Å². The lowest BCUT2D eigenvalue weighted by molar-refractivity contribution is -0.114. The van der Waals surface area contributed by atoms with E-state index in [2.05, 4.69) is 4.90 Å². The number of nitrogens with zero attached hydrogens (tertiary/aromatic N) is 3. The van der Waals surface area contributed by atoms with Crippen molar-refractivity contribution in [3.63, 3.8) is 0 Å². The highest BCUT2D eigenvalue weighted by Crippen LogP contribution is 2.34. The molecule has 150 valence electrons. The number of methoxy groups -OCH3 is 1. The molecule has 0 atom stereocenters. The third-order valence-corrected chi connectivity index (χ3v) is 5.89. The number of para-hydroxylation sites is 1. The topological polar surface area (TPSA) is 45.7 Å². The van der Waals surface area contributed by atoms with E-state index in [1.54, 1.807) is 29.4 Å². The van der Waals surface area contributed by atoms with Crippen LogP contribution in [0.1, 0.15) is 11.3 Å². The van der Waals surface area contributed by atoms with Crippen LogP contribution in [0.25, 0.3) is 16.3 Å². The van der Waals surface area contributed by atoms with Crippen molar-refractivity contribution in [2.45, 2.75) is 6.42 Å². The molecule has 0 aliphatic carbocycles. The number of hydrogen-bond acceptors (Lipinski definition) is 6. The number of thiazole rings is 1. The van der Waals surface area contributed by atoms with Crippen LogP contribution in [0.3, 0.4) is 0 Å². The van der Waals surface area contributed by atoms with Gasteiger partial charge in [-0.05, 0) is 56.7 Å². The molecule has 3 aromatic rings. The van der Waals surface area contributed by atoms with Gasteiger partial charge >= 0.3 is 0 Å². The number of carbonyl (C=O) groups is 1. The van der Waals surface area contributed by atoms with Crippen LogP contribution in [0.4, 0.5) is 5.13 Å². The fourth-order valence-corrected chi connectivity index (χ4v) is 4.30. The summed E-state index contributed by atoms with van der Waals surface area (Å²) in [5.41, 5.74) is 0.799. The molecule has 0 saturated carbocycles. The summed E-state index contributed by atoms with van der Waals surface area (Å²) in [4.78, 5) is 22.5. The number of ether oxygens (including phenoxy) is 1. The number of thiophene rings is 1. The molecule has 8 heteroatoms. The lowest BCUT2D eigenvalue weighted by atomic mass is 10.3. The van der Waals surface area contributed by atoms with Gasteiger partial charge in [0.05, 0.1) is 11.8 Å². The fourth-order valence-electron chi connectivity index (χ4n) is 2.67. The zero-order valence-electron chi connectivity index (χ0n) is 16.1. The van der Waals surface area contributed by atoms with Crippen molar-refractivity contribution in [1.29, 1.82) is 0 Å². The van der Waals surface area contributed by atoms with Crippen molar-refractivity contribution in [2.24, 2.45) is 0 Å². The number of fused-ring (bicyclic) bond motifs is 1. The first-order chi connectivity index (χ1) is 13.1. The van der Waals surface area contributed by atoms with Gasteiger partial charge in [-0.1, -0.05) is 23.5 Å². The smallest absolute Gasteiger partial charge is 0.252 e. The standard InChI is InChI=1S/C20H23N3O2S2.ClH/c1-22(2)12-6-13-23(18(24)11-10-15-7-5-14-26-15)20-21-19-16(25-3)8-4-9-17(19)27-20;/h4-5,7-11,14H,6,12-13H2,1-3H3;1H. The SMILES string of the molecule is COc1cccc2sc(N(CCCN(C)C)C(=O)C=Cc3cccs3)nc12.Cl. The number of hydrogen-bond donors (Lipinski definition) is 0. The maximum atomic E-state index is 12.9. The van der Waals surface area contributed by atoms with E-state index in [0.29, 0.717) is 11.7 Å². The Bertz CT molecular complexity index is 923. The van der Waals surface area contributed by atoms with Crippen LogP contribution in [0, 0.1) is 0 Å². The normalized spacial score (nSPS) is 11.1. The third-order valence-electron chi connectivity index (χ3n) is 4.01. The molecule has 0 bridgehead atoms. The molecule has 28 heavy (non-hydrogen) atoms. The van der Waals surface area contributed by atoms with E-state index in [0.717, 1.165) is 33.8 Å². The van der Waals surface area contributed by atoms with Crippen molar-refractivity contribution in [2.75, 3.05) is 39.2 Å². The van der Waals surface area contributed by atoms with Gasteiger partial charge in [0.25, 0.3) is 5.91 Å². The minimum Gasteiger partial charge on any atom is -0.494 e. The summed E-state index contributed by atoms with van der Waals surface area (Å²) < 4.78 is 6.42. The van der Waals surface area contributed by atoms with Crippen molar-refractivity contribution < 1.29 is 9.53 Å². The molecule has 1 amide bonds. The van der Waals surface area contributed by atoms with E-state index in [1.807, 2.05) is 55.9 Å². The number of anilines is 1. The monoisotopic (exact) mass is 437 g/mol. The average Bonchev–Trinajstić information content (AvgIpc) is 3.31. The molecule has 1 aromatic carbocycles. The Kier molecular flexibility index (Phi) is 8.44. The van der Waals surface area contributed by atoms with E-state index in [9.17, 15) is 4.79 Å². The zero-order chi connectivity index (χ0) is 19.2.